The molecule has 0 radical (unpaired) electrons. The third kappa shape index (κ3) is 5.86. The van der Waals surface area contributed by atoms with Crippen molar-refractivity contribution < 1.29 is 0 Å². The van der Waals surface area contributed by atoms with Gasteiger partial charge in [0.25, 0.3) is 0 Å². The van der Waals surface area contributed by atoms with Gasteiger partial charge in [-0.05, 0) is 18.5 Å². The van der Waals surface area contributed by atoms with Gasteiger partial charge in [-0.15, -0.1) is 13.2 Å². The molecule has 1 unspecified atom stereocenters. The molecule has 0 saturated heterocycles. The molecule has 0 fully saturated rings. The summed E-state index contributed by atoms with van der Waals surface area (Å²) >= 11 is 0. The van der Waals surface area contributed by atoms with Crippen LogP contribution in [-0.4, -0.2) is 37.6 Å². The standard InChI is InChI=1S/C19H30N2/c1-5-13-20-16-19(4,18-11-9-8-10-12-18)17-21(14-6-2)15-7-3/h6-12,20H,2-3,5,13-17H2,1,4H3. The van der Waals surface area contributed by atoms with E-state index in [9.17, 15) is 0 Å². The second-order valence-electron chi connectivity index (χ2n) is 5.87. The van der Waals surface area contributed by atoms with Crippen molar-refractivity contribution in [1.82, 2.24) is 10.2 Å². The van der Waals surface area contributed by atoms with Gasteiger partial charge in [0.15, 0.2) is 0 Å². The molecule has 1 aromatic carbocycles. The van der Waals surface area contributed by atoms with Crippen LogP contribution in [-0.2, 0) is 5.41 Å². The fourth-order valence-corrected chi connectivity index (χ4v) is 2.69. The fourth-order valence-electron chi connectivity index (χ4n) is 2.69. The van der Waals surface area contributed by atoms with Crippen LogP contribution >= 0.6 is 0 Å². The lowest BCUT2D eigenvalue weighted by molar-refractivity contribution is 0.248. The topological polar surface area (TPSA) is 15.3 Å². The van der Waals surface area contributed by atoms with Crippen LogP contribution in [0.2, 0.25) is 0 Å². The normalized spacial score (nSPS) is 13.9. The molecule has 0 heterocycles. The molecule has 1 aromatic rings. The summed E-state index contributed by atoms with van der Waals surface area (Å²) in [5, 5.41) is 3.59. The van der Waals surface area contributed by atoms with Crippen molar-refractivity contribution in [3.63, 3.8) is 0 Å². The van der Waals surface area contributed by atoms with Crippen molar-refractivity contribution in [3.8, 4) is 0 Å². The number of rotatable bonds is 11. The van der Waals surface area contributed by atoms with E-state index in [1.165, 1.54) is 5.56 Å². The first-order valence-corrected chi connectivity index (χ1v) is 7.86. The Labute approximate surface area is 130 Å². The van der Waals surface area contributed by atoms with Gasteiger partial charge in [-0.25, -0.2) is 0 Å². The lowest BCUT2D eigenvalue weighted by atomic mass is 9.81. The molecular formula is C19H30N2. The zero-order valence-corrected chi connectivity index (χ0v) is 13.6. The molecule has 0 spiro atoms. The van der Waals surface area contributed by atoms with Gasteiger partial charge in [0.2, 0.25) is 0 Å². The van der Waals surface area contributed by atoms with Crippen LogP contribution in [0.25, 0.3) is 0 Å². The maximum absolute atomic E-state index is 3.87. The maximum Gasteiger partial charge on any atom is 0.0177 e. The lowest BCUT2D eigenvalue weighted by Gasteiger charge is -2.36. The molecule has 0 amide bonds. The summed E-state index contributed by atoms with van der Waals surface area (Å²) in [6, 6.07) is 10.8. The van der Waals surface area contributed by atoms with E-state index >= 15 is 0 Å². The molecule has 116 valence electrons. The van der Waals surface area contributed by atoms with Gasteiger partial charge >= 0.3 is 0 Å². The highest BCUT2D eigenvalue weighted by Crippen LogP contribution is 2.24. The predicted octanol–water partition coefficient (Wildman–Crippen LogP) is 3.62. The van der Waals surface area contributed by atoms with Crippen LogP contribution in [0, 0.1) is 0 Å². The van der Waals surface area contributed by atoms with E-state index in [-0.39, 0.29) is 5.41 Å². The summed E-state index contributed by atoms with van der Waals surface area (Å²) in [5.74, 6) is 0. The molecule has 0 aliphatic carbocycles. The van der Waals surface area contributed by atoms with E-state index in [4.69, 9.17) is 0 Å². The van der Waals surface area contributed by atoms with Crippen LogP contribution in [0.4, 0.5) is 0 Å². The summed E-state index contributed by atoms with van der Waals surface area (Å²) in [6.45, 7) is 17.1. The highest BCUT2D eigenvalue weighted by atomic mass is 15.1. The zero-order chi connectivity index (χ0) is 15.6. The molecule has 1 atom stereocenters. The van der Waals surface area contributed by atoms with E-state index in [2.05, 4.69) is 67.6 Å². The van der Waals surface area contributed by atoms with Crippen LogP contribution in [0.5, 0.6) is 0 Å². The van der Waals surface area contributed by atoms with Crippen molar-refractivity contribution in [2.24, 2.45) is 0 Å². The first-order valence-electron chi connectivity index (χ1n) is 7.86. The van der Waals surface area contributed by atoms with Crippen molar-refractivity contribution in [3.05, 3.63) is 61.2 Å². The second-order valence-corrected chi connectivity index (χ2v) is 5.87. The van der Waals surface area contributed by atoms with Crippen molar-refractivity contribution in [1.29, 1.82) is 0 Å². The number of hydrogen-bond acceptors (Lipinski definition) is 2. The second kappa shape index (κ2) is 9.54. The molecule has 2 nitrogen and oxygen atoms in total. The smallest absolute Gasteiger partial charge is 0.0177 e. The van der Waals surface area contributed by atoms with E-state index in [1.54, 1.807) is 0 Å². The monoisotopic (exact) mass is 286 g/mol. The van der Waals surface area contributed by atoms with Crippen LogP contribution < -0.4 is 5.32 Å². The maximum atomic E-state index is 3.87. The van der Waals surface area contributed by atoms with Crippen LogP contribution in [0.1, 0.15) is 25.8 Å². The predicted molar refractivity (Wildman–Crippen MR) is 93.8 cm³/mol. The SMILES string of the molecule is C=CCN(CC=C)CC(C)(CNCCC)c1ccccc1. The van der Waals surface area contributed by atoms with E-state index in [1.807, 2.05) is 12.2 Å². The summed E-state index contributed by atoms with van der Waals surface area (Å²) in [5.41, 5.74) is 1.47. The Kier molecular flexibility index (Phi) is 8.03. The summed E-state index contributed by atoms with van der Waals surface area (Å²) in [7, 11) is 0. The molecule has 2 heteroatoms. The molecule has 0 saturated carbocycles. The van der Waals surface area contributed by atoms with Gasteiger partial charge < -0.3 is 5.32 Å². The molecule has 0 bridgehead atoms. The minimum atomic E-state index is 0.0858. The van der Waals surface area contributed by atoms with Crippen LogP contribution in [0.3, 0.4) is 0 Å². The van der Waals surface area contributed by atoms with Gasteiger partial charge in [0.05, 0.1) is 0 Å². The van der Waals surface area contributed by atoms with Gasteiger partial charge in [0, 0.05) is 31.6 Å². The van der Waals surface area contributed by atoms with Gasteiger partial charge in [0.1, 0.15) is 0 Å². The summed E-state index contributed by atoms with van der Waals surface area (Å²) < 4.78 is 0. The Morgan fingerprint density at radius 1 is 1.14 bits per heavy atom. The molecule has 1 N–H and O–H groups in total. The Bertz CT molecular complexity index is 403. The highest BCUT2D eigenvalue weighted by molar-refractivity contribution is 5.25. The highest BCUT2D eigenvalue weighted by Gasteiger charge is 2.28. The van der Waals surface area contributed by atoms with Crippen molar-refractivity contribution in [2.45, 2.75) is 25.7 Å². The first-order chi connectivity index (χ1) is 10.2. The van der Waals surface area contributed by atoms with Gasteiger partial charge in [-0.1, -0.05) is 56.3 Å². The van der Waals surface area contributed by atoms with E-state index < -0.39 is 0 Å². The van der Waals surface area contributed by atoms with Gasteiger partial charge in [-0.2, -0.15) is 0 Å². The quantitative estimate of drug-likeness (QED) is 0.494. The van der Waals surface area contributed by atoms with Crippen LogP contribution in [0.15, 0.2) is 55.6 Å². The molecule has 0 aromatic heterocycles. The Hall–Kier alpha value is -1.38. The van der Waals surface area contributed by atoms with Gasteiger partial charge in [-0.3, -0.25) is 4.90 Å². The Morgan fingerprint density at radius 3 is 2.29 bits per heavy atom. The third-order valence-corrected chi connectivity index (χ3v) is 3.76. The Balaban J connectivity index is 2.89. The average molecular weight is 286 g/mol. The lowest BCUT2D eigenvalue weighted by Crippen LogP contribution is -2.45. The first kappa shape index (κ1) is 17.7. The largest absolute Gasteiger partial charge is 0.316 e. The molecule has 21 heavy (non-hydrogen) atoms. The number of hydrogen-bond donors (Lipinski definition) is 1. The molecular weight excluding hydrogens is 256 g/mol. The minimum Gasteiger partial charge on any atom is -0.316 e. The zero-order valence-electron chi connectivity index (χ0n) is 13.6. The molecule has 0 aliphatic rings. The number of nitrogens with one attached hydrogen (secondary N) is 1. The third-order valence-electron chi connectivity index (χ3n) is 3.76. The fraction of sp³-hybridized carbons (Fsp3) is 0.474. The van der Waals surface area contributed by atoms with E-state index in [0.29, 0.717) is 0 Å². The van der Waals surface area contributed by atoms with E-state index in [0.717, 1.165) is 39.1 Å². The molecule has 1 rings (SSSR count). The molecule has 0 aliphatic heterocycles. The summed E-state index contributed by atoms with van der Waals surface area (Å²) in [4.78, 5) is 2.39. The van der Waals surface area contributed by atoms with Crippen molar-refractivity contribution >= 4 is 0 Å². The Morgan fingerprint density at radius 2 is 1.76 bits per heavy atom. The number of benzene rings is 1. The van der Waals surface area contributed by atoms with Crippen molar-refractivity contribution in [2.75, 3.05) is 32.7 Å². The minimum absolute atomic E-state index is 0.0858. The average Bonchev–Trinajstić information content (AvgIpc) is 2.49. The summed E-state index contributed by atoms with van der Waals surface area (Å²) in [6.07, 6.45) is 5.09. The number of nitrogens with zero attached hydrogens (tertiary/aromatic N) is 1.